The van der Waals surface area contributed by atoms with Crippen molar-refractivity contribution in [3.8, 4) is 0 Å². The van der Waals surface area contributed by atoms with Gasteiger partial charge in [0.15, 0.2) is 0 Å². The maximum absolute atomic E-state index is 9.54. The van der Waals surface area contributed by atoms with Crippen LogP contribution in [0.2, 0.25) is 0 Å². The standard InChI is InChI=1S/C12H12O2S/c13-12(11-3-1-2-4-11)14-7-5-10-6-8-15-9-10/h1-4,6,8-9,13H,5,7H2. The Kier molecular flexibility index (Phi) is 3.25. The van der Waals surface area contributed by atoms with Gasteiger partial charge in [-0.05, 0) is 34.5 Å². The smallest absolute Gasteiger partial charge is 0.284 e. The molecule has 0 spiro atoms. The Balaban J connectivity index is 1.81. The van der Waals surface area contributed by atoms with E-state index in [0.29, 0.717) is 6.61 Å². The second kappa shape index (κ2) is 4.84. The van der Waals surface area contributed by atoms with Crippen LogP contribution < -0.4 is 0 Å². The van der Waals surface area contributed by atoms with E-state index in [0.717, 1.165) is 12.0 Å². The highest BCUT2D eigenvalue weighted by Crippen LogP contribution is 2.13. The van der Waals surface area contributed by atoms with Crippen molar-refractivity contribution in [2.45, 2.75) is 6.42 Å². The minimum atomic E-state index is 0.00947. The molecular formula is C12H12O2S. The molecule has 0 fully saturated rings. The fourth-order valence-electron chi connectivity index (χ4n) is 1.30. The van der Waals surface area contributed by atoms with Crippen molar-refractivity contribution in [1.82, 2.24) is 0 Å². The zero-order chi connectivity index (χ0) is 10.5. The molecule has 1 aliphatic rings. The highest BCUT2D eigenvalue weighted by Gasteiger charge is 2.03. The van der Waals surface area contributed by atoms with Crippen molar-refractivity contribution in [3.05, 3.63) is 58.2 Å². The van der Waals surface area contributed by atoms with Crippen LogP contribution in [0.5, 0.6) is 0 Å². The van der Waals surface area contributed by atoms with E-state index in [9.17, 15) is 5.11 Å². The molecule has 0 amide bonds. The van der Waals surface area contributed by atoms with Gasteiger partial charge < -0.3 is 9.84 Å². The Hall–Kier alpha value is -1.48. The number of aliphatic hydroxyl groups is 1. The van der Waals surface area contributed by atoms with Crippen molar-refractivity contribution in [3.63, 3.8) is 0 Å². The Morgan fingerprint density at radius 3 is 2.80 bits per heavy atom. The minimum absolute atomic E-state index is 0.00947. The van der Waals surface area contributed by atoms with E-state index >= 15 is 0 Å². The van der Waals surface area contributed by atoms with E-state index in [-0.39, 0.29) is 5.95 Å². The van der Waals surface area contributed by atoms with Gasteiger partial charge in [-0.2, -0.15) is 11.3 Å². The Morgan fingerprint density at radius 2 is 2.13 bits per heavy atom. The lowest BCUT2D eigenvalue weighted by Crippen LogP contribution is -1.99. The first-order valence-electron chi connectivity index (χ1n) is 4.78. The number of ether oxygens (including phenoxy) is 1. The fourth-order valence-corrected chi connectivity index (χ4v) is 2.00. The highest BCUT2D eigenvalue weighted by atomic mass is 32.1. The van der Waals surface area contributed by atoms with Crippen molar-refractivity contribution in [2.75, 3.05) is 6.61 Å². The lowest BCUT2D eigenvalue weighted by atomic mass is 10.2. The summed E-state index contributed by atoms with van der Waals surface area (Å²) in [6.45, 7) is 0.508. The molecule has 1 aromatic heterocycles. The normalized spacial score (nSPS) is 13.5. The molecule has 0 saturated heterocycles. The van der Waals surface area contributed by atoms with Gasteiger partial charge in [0.05, 0.1) is 12.2 Å². The molecule has 1 aliphatic carbocycles. The van der Waals surface area contributed by atoms with Crippen LogP contribution in [0.15, 0.2) is 52.6 Å². The van der Waals surface area contributed by atoms with Crippen LogP contribution in [0.1, 0.15) is 5.56 Å². The number of rotatable bonds is 4. The van der Waals surface area contributed by atoms with Crippen LogP contribution in [0.3, 0.4) is 0 Å². The van der Waals surface area contributed by atoms with Gasteiger partial charge >= 0.3 is 0 Å². The summed E-state index contributed by atoms with van der Waals surface area (Å²) in [5.41, 5.74) is 1.98. The van der Waals surface area contributed by atoms with Crippen LogP contribution in [0, 0.1) is 0 Å². The maximum atomic E-state index is 9.54. The summed E-state index contributed by atoms with van der Waals surface area (Å²) in [7, 11) is 0. The van der Waals surface area contributed by atoms with Crippen molar-refractivity contribution >= 4 is 11.3 Å². The van der Waals surface area contributed by atoms with E-state index in [1.807, 2.05) is 29.7 Å². The highest BCUT2D eigenvalue weighted by molar-refractivity contribution is 7.07. The van der Waals surface area contributed by atoms with Crippen LogP contribution >= 0.6 is 11.3 Å². The topological polar surface area (TPSA) is 29.5 Å². The van der Waals surface area contributed by atoms with E-state index in [4.69, 9.17) is 4.74 Å². The fraction of sp³-hybridized carbons (Fsp3) is 0.167. The molecule has 0 aromatic carbocycles. The summed E-state index contributed by atoms with van der Waals surface area (Å²) < 4.78 is 5.24. The van der Waals surface area contributed by atoms with E-state index in [2.05, 4.69) is 11.4 Å². The molecular weight excluding hydrogens is 208 g/mol. The predicted molar refractivity (Wildman–Crippen MR) is 61.9 cm³/mol. The zero-order valence-corrected chi connectivity index (χ0v) is 9.04. The third-order valence-electron chi connectivity index (χ3n) is 2.12. The van der Waals surface area contributed by atoms with Crippen LogP contribution in [-0.2, 0) is 11.2 Å². The molecule has 1 aromatic rings. The number of hydrogen-bond acceptors (Lipinski definition) is 3. The molecule has 2 rings (SSSR count). The first kappa shape index (κ1) is 10.1. The first-order valence-corrected chi connectivity index (χ1v) is 5.72. The molecule has 0 aliphatic heterocycles. The van der Waals surface area contributed by atoms with Gasteiger partial charge in [-0.1, -0.05) is 12.2 Å². The average Bonchev–Trinajstić information content (AvgIpc) is 2.90. The molecule has 15 heavy (non-hydrogen) atoms. The monoisotopic (exact) mass is 220 g/mol. The average molecular weight is 220 g/mol. The molecule has 2 nitrogen and oxygen atoms in total. The zero-order valence-electron chi connectivity index (χ0n) is 8.22. The van der Waals surface area contributed by atoms with E-state index < -0.39 is 0 Å². The molecule has 1 N–H and O–H groups in total. The second-order valence-corrected chi connectivity index (χ2v) is 3.99. The van der Waals surface area contributed by atoms with Crippen LogP contribution in [0.25, 0.3) is 0 Å². The van der Waals surface area contributed by atoms with Crippen molar-refractivity contribution < 1.29 is 9.84 Å². The van der Waals surface area contributed by atoms with Gasteiger partial charge in [0.2, 0.25) is 0 Å². The van der Waals surface area contributed by atoms with Gasteiger partial charge in [0, 0.05) is 6.42 Å². The minimum Gasteiger partial charge on any atom is -0.481 e. The molecule has 0 unspecified atom stereocenters. The predicted octanol–water partition coefficient (Wildman–Crippen LogP) is 3.20. The molecule has 78 valence electrons. The number of hydrogen-bond donors (Lipinski definition) is 1. The van der Waals surface area contributed by atoms with Crippen molar-refractivity contribution in [1.29, 1.82) is 0 Å². The Bertz CT molecular complexity index is 385. The summed E-state index contributed by atoms with van der Waals surface area (Å²) in [6.07, 6.45) is 8.20. The first-order chi connectivity index (χ1) is 7.36. The van der Waals surface area contributed by atoms with Gasteiger partial charge in [0.1, 0.15) is 0 Å². The molecule has 0 bridgehead atoms. The lowest BCUT2D eigenvalue weighted by Gasteiger charge is -2.04. The quantitative estimate of drug-likeness (QED) is 0.789. The Morgan fingerprint density at radius 1 is 1.33 bits per heavy atom. The number of thiophene rings is 1. The van der Waals surface area contributed by atoms with Gasteiger partial charge in [-0.25, -0.2) is 0 Å². The van der Waals surface area contributed by atoms with Crippen molar-refractivity contribution in [2.24, 2.45) is 0 Å². The summed E-state index contributed by atoms with van der Waals surface area (Å²) in [5.74, 6) is 0.00947. The molecule has 3 heteroatoms. The molecule has 0 radical (unpaired) electrons. The van der Waals surface area contributed by atoms with E-state index in [1.54, 1.807) is 11.3 Å². The summed E-state index contributed by atoms with van der Waals surface area (Å²) in [4.78, 5) is 0. The molecule has 0 saturated carbocycles. The second-order valence-electron chi connectivity index (χ2n) is 3.21. The summed E-state index contributed by atoms with van der Waals surface area (Å²) in [6, 6.07) is 2.06. The molecule has 1 heterocycles. The van der Waals surface area contributed by atoms with Gasteiger partial charge in [0.25, 0.3) is 5.95 Å². The van der Waals surface area contributed by atoms with Crippen LogP contribution in [-0.4, -0.2) is 11.7 Å². The number of aliphatic hydroxyl groups excluding tert-OH is 1. The maximum Gasteiger partial charge on any atom is 0.284 e. The number of allylic oxidation sites excluding steroid dienone is 5. The SMILES string of the molecule is OC(OCCc1ccsc1)=C1C=CC=C1. The third kappa shape index (κ3) is 2.73. The van der Waals surface area contributed by atoms with Crippen LogP contribution in [0.4, 0.5) is 0 Å². The van der Waals surface area contributed by atoms with Gasteiger partial charge in [-0.3, -0.25) is 0 Å². The lowest BCUT2D eigenvalue weighted by molar-refractivity contribution is 0.0933. The molecule has 0 atom stereocenters. The summed E-state index contributed by atoms with van der Waals surface area (Å²) in [5, 5.41) is 13.7. The summed E-state index contributed by atoms with van der Waals surface area (Å²) >= 11 is 1.67. The Labute approximate surface area is 92.8 Å². The van der Waals surface area contributed by atoms with E-state index in [1.165, 1.54) is 5.56 Å². The third-order valence-corrected chi connectivity index (χ3v) is 2.85. The van der Waals surface area contributed by atoms with Gasteiger partial charge in [-0.15, -0.1) is 0 Å². The largest absolute Gasteiger partial charge is 0.481 e.